The molecule has 3 aromatic rings. The van der Waals surface area contributed by atoms with Gasteiger partial charge in [0.1, 0.15) is 24.5 Å². The molecule has 3 aliphatic rings. The van der Waals surface area contributed by atoms with E-state index in [1.54, 1.807) is 0 Å². The van der Waals surface area contributed by atoms with Gasteiger partial charge in [-0.2, -0.15) is 0 Å². The fourth-order valence-corrected chi connectivity index (χ4v) is 4.78. The zero-order valence-corrected chi connectivity index (χ0v) is 16.4. The molecule has 0 bridgehead atoms. The number of nitrogens with zero attached hydrogens (tertiary/aromatic N) is 1. The molecule has 6 nitrogen and oxygen atoms in total. The summed E-state index contributed by atoms with van der Waals surface area (Å²) in [6.45, 7) is 1.95. The lowest BCUT2D eigenvalue weighted by Gasteiger charge is -2.32. The Kier molecular flexibility index (Phi) is 3.71. The van der Waals surface area contributed by atoms with Crippen molar-refractivity contribution < 1.29 is 18.6 Å². The van der Waals surface area contributed by atoms with Crippen molar-refractivity contribution >= 4 is 28.3 Å². The topological polar surface area (TPSA) is 61.1 Å². The van der Waals surface area contributed by atoms with E-state index in [1.807, 2.05) is 24.3 Å². The first-order valence-corrected chi connectivity index (χ1v) is 10.1. The highest BCUT2D eigenvalue weighted by Gasteiger charge is 2.28. The van der Waals surface area contributed by atoms with Gasteiger partial charge in [-0.05, 0) is 43.0 Å². The van der Waals surface area contributed by atoms with Crippen molar-refractivity contribution in [2.75, 3.05) is 24.8 Å². The fraction of sp³-hybridized carbons (Fsp3) is 0.318. The van der Waals surface area contributed by atoms with E-state index in [2.05, 4.69) is 4.90 Å². The second-order valence-electron chi connectivity index (χ2n) is 7.54. The number of hydrogen-bond donors (Lipinski definition) is 0. The lowest BCUT2D eigenvalue weighted by atomic mass is 10.0. The summed E-state index contributed by atoms with van der Waals surface area (Å²) in [5.74, 6) is 2.06. The Balaban J connectivity index is 1.47. The average molecular weight is 412 g/mol. The predicted molar refractivity (Wildman–Crippen MR) is 109 cm³/mol. The molecule has 0 fully saturated rings. The molecule has 29 heavy (non-hydrogen) atoms. The van der Waals surface area contributed by atoms with Gasteiger partial charge in [0, 0.05) is 22.7 Å². The Hall–Kier alpha value is -2.86. The molecule has 0 unspecified atom stereocenters. The number of anilines is 1. The highest BCUT2D eigenvalue weighted by molar-refractivity contribution is 6.33. The van der Waals surface area contributed by atoms with Crippen LogP contribution in [0.25, 0.3) is 11.0 Å². The summed E-state index contributed by atoms with van der Waals surface area (Å²) < 4.78 is 23.1. The zero-order valence-electron chi connectivity index (χ0n) is 15.6. The van der Waals surface area contributed by atoms with Crippen LogP contribution in [0.15, 0.2) is 33.5 Å². The summed E-state index contributed by atoms with van der Waals surface area (Å²) in [5, 5.41) is 1.48. The monoisotopic (exact) mass is 411 g/mol. The van der Waals surface area contributed by atoms with Crippen LogP contribution in [-0.4, -0.2) is 19.9 Å². The van der Waals surface area contributed by atoms with Gasteiger partial charge in [0.25, 0.3) is 0 Å². The summed E-state index contributed by atoms with van der Waals surface area (Å²) in [6.07, 6.45) is 2.61. The third-order valence-electron chi connectivity index (χ3n) is 5.87. The van der Waals surface area contributed by atoms with Gasteiger partial charge in [-0.3, -0.25) is 0 Å². The van der Waals surface area contributed by atoms with Gasteiger partial charge in [-0.25, -0.2) is 4.79 Å². The molecule has 6 rings (SSSR count). The van der Waals surface area contributed by atoms with Crippen LogP contribution in [0, 0.1) is 0 Å². The van der Waals surface area contributed by atoms with Crippen LogP contribution in [0.4, 0.5) is 5.69 Å². The molecule has 0 N–H and O–H groups in total. The van der Waals surface area contributed by atoms with Gasteiger partial charge in [-0.15, -0.1) is 0 Å². The molecule has 1 aliphatic carbocycles. The molecule has 0 spiro atoms. The maximum atomic E-state index is 12.5. The van der Waals surface area contributed by atoms with Crippen molar-refractivity contribution in [3.63, 3.8) is 0 Å². The van der Waals surface area contributed by atoms with Gasteiger partial charge in [-0.1, -0.05) is 11.6 Å². The van der Waals surface area contributed by atoms with Crippen molar-refractivity contribution in [3.8, 4) is 17.2 Å². The molecule has 2 aliphatic heterocycles. The van der Waals surface area contributed by atoms with E-state index in [9.17, 15) is 4.79 Å². The van der Waals surface area contributed by atoms with E-state index in [0.717, 1.165) is 58.5 Å². The average Bonchev–Trinajstić information content (AvgIpc) is 3.25. The lowest BCUT2D eigenvalue weighted by Crippen LogP contribution is -2.32. The molecule has 3 heterocycles. The normalized spacial score (nSPS) is 17.1. The van der Waals surface area contributed by atoms with E-state index < -0.39 is 0 Å². The second kappa shape index (κ2) is 6.32. The van der Waals surface area contributed by atoms with Crippen molar-refractivity contribution in [2.45, 2.75) is 25.8 Å². The number of halogens is 1. The number of benzene rings is 2. The Bertz CT molecular complexity index is 1220. The van der Waals surface area contributed by atoms with Crippen molar-refractivity contribution in [1.29, 1.82) is 0 Å². The molecular formula is C22H18ClNO5. The van der Waals surface area contributed by atoms with Crippen molar-refractivity contribution in [3.05, 3.63) is 56.4 Å². The van der Waals surface area contributed by atoms with Gasteiger partial charge in [0.05, 0.1) is 17.1 Å². The Morgan fingerprint density at radius 2 is 1.76 bits per heavy atom. The molecule has 0 radical (unpaired) electrons. The maximum Gasteiger partial charge on any atom is 0.339 e. The Morgan fingerprint density at radius 1 is 0.931 bits per heavy atom. The van der Waals surface area contributed by atoms with Crippen LogP contribution in [0.3, 0.4) is 0 Å². The van der Waals surface area contributed by atoms with Crippen LogP contribution in [-0.2, 0) is 19.4 Å². The molecule has 0 saturated carbocycles. The Labute approximate surface area is 171 Å². The molecule has 2 aromatic carbocycles. The minimum atomic E-state index is -0.244. The van der Waals surface area contributed by atoms with Crippen LogP contribution in [0.5, 0.6) is 17.2 Å². The summed E-state index contributed by atoms with van der Waals surface area (Å²) in [7, 11) is 0. The summed E-state index contributed by atoms with van der Waals surface area (Å²) in [5.41, 5.74) is 3.94. The molecule has 0 saturated heterocycles. The highest BCUT2D eigenvalue weighted by atomic mass is 35.5. The van der Waals surface area contributed by atoms with E-state index in [4.69, 9.17) is 30.2 Å². The highest BCUT2D eigenvalue weighted by Crippen LogP contribution is 2.43. The summed E-state index contributed by atoms with van der Waals surface area (Å²) in [6, 6.07) is 7.71. The SMILES string of the molecule is O=c1oc2c3c(c(Cl)cc2c2c1CCC2)OCN(c1ccc2c(c1)OCCO2)C3. The van der Waals surface area contributed by atoms with E-state index in [-0.39, 0.29) is 5.63 Å². The van der Waals surface area contributed by atoms with Crippen LogP contribution < -0.4 is 24.7 Å². The van der Waals surface area contributed by atoms with Crippen LogP contribution in [0.2, 0.25) is 5.02 Å². The predicted octanol–water partition coefficient (Wildman–Crippen LogP) is 4.06. The van der Waals surface area contributed by atoms with E-state index in [1.165, 1.54) is 0 Å². The minimum Gasteiger partial charge on any atom is -0.486 e. The van der Waals surface area contributed by atoms with Crippen molar-refractivity contribution in [1.82, 2.24) is 0 Å². The fourth-order valence-electron chi connectivity index (χ4n) is 4.50. The lowest BCUT2D eigenvalue weighted by molar-refractivity contribution is 0.171. The molecule has 1 aromatic heterocycles. The summed E-state index contributed by atoms with van der Waals surface area (Å²) in [4.78, 5) is 14.6. The van der Waals surface area contributed by atoms with Gasteiger partial charge in [0.15, 0.2) is 18.2 Å². The third kappa shape index (κ3) is 2.59. The van der Waals surface area contributed by atoms with Gasteiger partial charge >= 0.3 is 5.63 Å². The van der Waals surface area contributed by atoms with Crippen LogP contribution in [0.1, 0.15) is 23.1 Å². The van der Waals surface area contributed by atoms with Crippen LogP contribution >= 0.6 is 11.6 Å². The third-order valence-corrected chi connectivity index (χ3v) is 6.15. The first-order chi connectivity index (χ1) is 14.2. The first kappa shape index (κ1) is 17.0. The largest absolute Gasteiger partial charge is 0.486 e. The smallest absolute Gasteiger partial charge is 0.339 e. The van der Waals surface area contributed by atoms with Crippen molar-refractivity contribution in [2.24, 2.45) is 0 Å². The quantitative estimate of drug-likeness (QED) is 0.563. The second-order valence-corrected chi connectivity index (χ2v) is 7.95. The maximum absolute atomic E-state index is 12.5. The standard InChI is InChI=1S/C22H18ClNO5/c23-17-9-15-13-2-1-3-14(13)22(25)29-20(15)16-10-24(11-28-21(16)17)12-4-5-18-19(8-12)27-7-6-26-18/h4-5,8-9H,1-3,6-7,10-11H2. The molecule has 0 amide bonds. The van der Waals surface area contributed by atoms with E-state index in [0.29, 0.717) is 42.8 Å². The minimum absolute atomic E-state index is 0.244. The van der Waals surface area contributed by atoms with Gasteiger partial charge < -0.3 is 23.5 Å². The zero-order chi connectivity index (χ0) is 19.5. The number of hydrogen-bond acceptors (Lipinski definition) is 6. The van der Waals surface area contributed by atoms with Gasteiger partial charge in [0.2, 0.25) is 0 Å². The molecule has 0 atom stereocenters. The number of ether oxygens (including phenoxy) is 3. The molecule has 148 valence electrons. The summed E-state index contributed by atoms with van der Waals surface area (Å²) >= 11 is 6.55. The van der Waals surface area contributed by atoms with E-state index >= 15 is 0 Å². The molecular weight excluding hydrogens is 394 g/mol. The molecule has 7 heteroatoms. The number of fused-ring (bicyclic) bond motifs is 6. The Morgan fingerprint density at radius 3 is 2.66 bits per heavy atom. The number of aryl methyl sites for hydroxylation is 1. The number of rotatable bonds is 1. The first-order valence-electron chi connectivity index (χ1n) is 9.76.